The van der Waals surface area contributed by atoms with Crippen molar-refractivity contribution in [2.24, 2.45) is 0 Å². The number of aryl methyl sites for hydroxylation is 1. The van der Waals surface area contributed by atoms with E-state index in [1.165, 1.54) is 0 Å². The van der Waals surface area contributed by atoms with Gasteiger partial charge in [0.15, 0.2) is 5.50 Å². The van der Waals surface area contributed by atoms with Crippen molar-refractivity contribution in [3.8, 4) is 0 Å². The van der Waals surface area contributed by atoms with E-state index in [4.69, 9.17) is 11.6 Å². The number of nitrogens with one attached hydrogen (secondary N) is 1. The molecule has 2 aromatic carbocycles. The van der Waals surface area contributed by atoms with Gasteiger partial charge in [-0.1, -0.05) is 47.6 Å². The Hall–Kier alpha value is -1.69. The molecule has 0 spiro atoms. The van der Waals surface area contributed by atoms with Gasteiger partial charge in [0, 0.05) is 4.90 Å². The first-order chi connectivity index (χ1) is 11.5. The van der Waals surface area contributed by atoms with Crippen LogP contribution < -0.4 is 10.2 Å². The Labute approximate surface area is 149 Å². The smallest absolute Gasteiger partial charge is 0.254 e. The molecule has 1 atom stereocenters. The number of halogens is 1. The summed E-state index contributed by atoms with van der Waals surface area (Å²) in [6.45, 7) is 2.00. The maximum absolute atomic E-state index is 12.3. The van der Waals surface area contributed by atoms with E-state index in [0.717, 1.165) is 21.8 Å². The maximum atomic E-state index is 12.3. The fourth-order valence-corrected chi connectivity index (χ4v) is 4.40. The second-order valence-electron chi connectivity index (χ2n) is 6.22. The monoisotopic (exact) mass is 360 g/mol. The number of fused-ring (bicyclic) bond motifs is 1. The van der Waals surface area contributed by atoms with Crippen molar-refractivity contribution in [1.29, 1.82) is 0 Å². The lowest BCUT2D eigenvalue weighted by atomic mass is 10.1. The minimum Gasteiger partial charge on any atom is -0.380 e. The molecule has 0 aromatic heterocycles. The molecule has 0 saturated heterocycles. The van der Waals surface area contributed by atoms with Gasteiger partial charge >= 0.3 is 0 Å². The Morgan fingerprint density at radius 2 is 2.04 bits per heavy atom. The summed E-state index contributed by atoms with van der Waals surface area (Å²) in [6.07, 6.45) is 1.04. The molecule has 1 amide bonds. The standard InChI is InChI=1S/C18H17ClN2O2S/c1-11-5-4-6-12(19)15(11)21-13-7-2-3-8-14(13)24-17(21)20-16(22)18(23)9-10-18/h2-8,17,23H,9-10H2,1H3,(H,20,22). The molecule has 4 nitrogen and oxygen atoms in total. The van der Waals surface area contributed by atoms with E-state index < -0.39 is 5.60 Å². The van der Waals surface area contributed by atoms with E-state index in [-0.39, 0.29) is 11.4 Å². The van der Waals surface area contributed by atoms with Crippen LogP contribution in [0.15, 0.2) is 47.4 Å². The Morgan fingerprint density at radius 3 is 2.75 bits per heavy atom. The van der Waals surface area contributed by atoms with Crippen LogP contribution in [-0.2, 0) is 4.79 Å². The average molecular weight is 361 g/mol. The largest absolute Gasteiger partial charge is 0.380 e. The molecule has 1 unspecified atom stereocenters. The minimum atomic E-state index is -1.20. The highest BCUT2D eigenvalue weighted by Crippen LogP contribution is 2.49. The summed E-state index contributed by atoms with van der Waals surface area (Å²) in [6, 6.07) is 13.7. The molecule has 24 heavy (non-hydrogen) atoms. The molecule has 2 N–H and O–H groups in total. The normalized spacial score (nSPS) is 20.6. The lowest BCUT2D eigenvalue weighted by Gasteiger charge is -2.30. The zero-order valence-corrected chi connectivity index (χ0v) is 14.7. The number of hydrogen-bond acceptors (Lipinski definition) is 4. The molecule has 0 bridgehead atoms. The minimum absolute atomic E-state index is 0.317. The maximum Gasteiger partial charge on any atom is 0.254 e. The van der Waals surface area contributed by atoms with Crippen LogP contribution in [0, 0.1) is 6.92 Å². The van der Waals surface area contributed by atoms with Crippen molar-refractivity contribution < 1.29 is 9.90 Å². The highest BCUT2D eigenvalue weighted by atomic mass is 35.5. The molecule has 2 aromatic rings. The van der Waals surface area contributed by atoms with Gasteiger partial charge in [-0.25, -0.2) is 0 Å². The average Bonchev–Trinajstić information content (AvgIpc) is 3.21. The lowest BCUT2D eigenvalue weighted by molar-refractivity contribution is -0.131. The molecule has 6 heteroatoms. The number of carbonyl (C=O) groups is 1. The molecule has 1 aliphatic carbocycles. The van der Waals surface area contributed by atoms with E-state index >= 15 is 0 Å². The number of rotatable bonds is 3. The third kappa shape index (κ3) is 2.57. The van der Waals surface area contributed by atoms with Crippen molar-refractivity contribution in [1.82, 2.24) is 5.32 Å². The summed E-state index contributed by atoms with van der Waals surface area (Å²) >= 11 is 8.02. The predicted molar refractivity (Wildman–Crippen MR) is 96.7 cm³/mol. The van der Waals surface area contributed by atoms with Crippen molar-refractivity contribution in [2.45, 2.75) is 35.8 Å². The van der Waals surface area contributed by atoms with Crippen LogP contribution in [0.4, 0.5) is 11.4 Å². The number of benzene rings is 2. The van der Waals surface area contributed by atoms with Crippen LogP contribution in [0.1, 0.15) is 18.4 Å². The zero-order valence-electron chi connectivity index (χ0n) is 13.1. The number of carbonyl (C=O) groups excluding carboxylic acids is 1. The Morgan fingerprint density at radius 1 is 1.29 bits per heavy atom. The SMILES string of the molecule is Cc1cccc(Cl)c1N1c2ccccc2SC1NC(=O)C1(O)CC1. The van der Waals surface area contributed by atoms with Crippen molar-refractivity contribution in [2.75, 3.05) is 4.90 Å². The molecule has 2 aliphatic rings. The highest BCUT2D eigenvalue weighted by molar-refractivity contribution is 8.00. The van der Waals surface area contributed by atoms with Crippen molar-refractivity contribution in [3.63, 3.8) is 0 Å². The molecule has 0 radical (unpaired) electrons. The van der Waals surface area contributed by atoms with Gasteiger partial charge in [-0.15, -0.1) is 0 Å². The van der Waals surface area contributed by atoms with Crippen LogP contribution in [0.3, 0.4) is 0 Å². The lowest BCUT2D eigenvalue weighted by Crippen LogP contribution is -2.47. The second kappa shape index (κ2) is 5.69. The first kappa shape index (κ1) is 15.8. The Bertz CT molecular complexity index is 802. The highest BCUT2D eigenvalue weighted by Gasteiger charge is 2.49. The van der Waals surface area contributed by atoms with Crippen LogP contribution in [0.5, 0.6) is 0 Å². The number of amides is 1. The Kier molecular flexibility index (Phi) is 3.75. The number of thioether (sulfide) groups is 1. The van der Waals surface area contributed by atoms with Crippen LogP contribution >= 0.6 is 23.4 Å². The van der Waals surface area contributed by atoms with Gasteiger partial charge in [-0.05, 0) is 43.5 Å². The molecule has 124 valence electrons. The van der Waals surface area contributed by atoms with Gasteiger partial charge in [0.05, 0.1) is 16.4 Å². The van der Waals surface area contributed by atoms with Gasteiger partial charge < -0.3 is 15.3 Å². The van der Waals surface area contributed by atoms with Crippen LogP contribution in [0.2, 0.25) is 5.02 Å². The first-order valence-corrected chi connectivity index (χ1v) is 9.09. The van der Waals surface area contributed by atoms with Gasteiger partial charge in [-0.3, -0.25) is 4.79 Å². The second-order valence-corrected chi connectivity index (χ2v) is 7.75. The van der Waals surface area contributed by atoms with Crippen LogP contribution in [0.25, 0.3) is 0 Å². The Balaban J connectivity index is 1.75. The van der Waals surface area contributed by atoms with Gasteiger partial charge in [0.1, 0.15) is 5.60 Å². The number of nitrogens with zero attached hydrogens (tertiary/aromatic N) is 1. The topological polar surface area (TPSA) is 52.6 Å². The summed E-state index contributed by atoms with van der Waals surface area (Å²) in [4.78, 5) is 15.5. The van der Waals surface area contributed by atoms with Gasteiger partial charge in [0.2, 0.25) is 0 Å². The number of aliphatic hydroxyl groups is 1. The summed E-state index contributed by atoms with van der Waals surface area (Å²) in [7, 11) is 0. The molecule has 1 fully saturated rings. The summed E-state index contributed by atoms with van der Waals surface area (Å²) < 4.78 is 0. The van der Waals surface area contributed by atoms with E-state index in [2.05, 4.69) is 5.32 Å². The van der Waals surface area contributed by atoms with Gasteiger partial charge in [0.25, 0.3) is 5.91 Å². The number of anilines is 2. The van der Waals surface area contributed by atoms with Crippen molar-refractivity contribution in [3.05, 3.63) is 53.1 Å². The summed E-state index contributed by atoms with van der Waals surface area (Å²) in [5.74, 6) is -0.317. The number of hydrogen-bond donors (Lipinski definition) is 2. The number of para-hydroxylation sites is 2. The molecular weight excluding hydrogens is 344 g/mol. The zero-order chi connectivity index (χ0) is 16.9. The molecule has 1 heterocycles. The van der Waals surface area contributed by atoms with E-state index in [0.29, 0.717) is 17.9 Å². The molecule has 4 rings (SSSR count). The third-order valence-corrected chi connectivity index (χ3v) is 5.88. The van der Waals surface area contributed by atoms with Gasteiger partial charge in [-0.2, -0.15) is 0 Å². The first-order valence-electron chi connectivity index (χ1n) is 7.83. The summed E-state index contributed by atoms with van der Waals surface area (Å²) in [5.41, 5.74) is 1.38. The molecule has 1 aliphatic heterocycles. The molecular formula is C18H17ClN2O2S. The van der Waals surface area contributed by atoms with E-state index in [1.54, 1.807) is 11.8 Å². The quantitative estimate of drug-likeness (QED) is 0.873. The molecule has 1 saturated carbocycles. The fourth-order valence-electron chi connectivity index (χ4n) is 2.91. The van der Waals surface area contributed by atoms with Crippen molar-refractivity contribution >= 4 is 40.6 Å². The van der Waals surface area contributed by atoms with E-state index in [9.17, 15) is 9.90 Å². The van der Waals surface area contributed by atoms with E-state index in [1.807, 2.05) is 54.3 Å². The third-order valence-electron chi connectivity index (χ3n) is 4.43. The predicted octanol–water partition coefficient (Wildman–Crippen LogP) is 3.82. The fraction of sp³-hybridized carbons (Fsp3) is 0.278. The van der Waals surface area contributed by atoms with Crippen LogP contribution in [-0.4, -0.2) is 22.1 Å². The summed E-state index contributed by atoms with van der Waals surface area (Å²) in [5, 5.41) is 13.7.